The van der Waals surface area contributed by atoms with Crippen molar-refractivity contribution < 1.29 is 0 Å². The molecule has 158 valence electrons. The van der Waals surface area contributed by atoms with Crippen molar-refractivity contribution in [1.82, 2.24) is 9.80 Å². The highest BCUT2D eigenvalue weighted by Crippen LogP contribution is 2.32. The van der Waals surface area contributed by atoms with Gasteiger partial charge in [0.25, 0.3) is 0 Å². The van der Waals surface area contributed by atoms with E-state index < -0.39 is 3.79 Å². The second-order valence-corrected chi connectivity index (χ2v) is 10.4. The van der Waals surface area contributed by atoms with Gasteiger partial charge in [-0.25, -0.2) is 9.98 Å². The summed E-state index contributed by atoms with van der Waals surface area (Å²) in [5, 5.41) is 0. The van der Waals surface area contributed by atoms with Crippen molar-refractivity contribution in [3.8, 4) is 0 Å². The summed E-state index contributed by atoms with van der Waals surface area (Å²) in [6.45, 7) is 4.66. The average molecular weight is 457 g/mol. The van der Waals surface area contributed by atoms with Crippen LogP contribution >= 0.6 is 34.8 Å². The molecule has 0 saturated carbocycles. The number of halogens is 3. The van der Waals surface area contributed by atoms with Crippen LogP contribution in [0.15, 0.2) is 34.3 Å². The summed E-state index contributed by atoms with van der Waals surface area (Å²) in [7, 11) is 2.18. The number of hydrogen-bond donors (Lipinski definition) is 0. The van der Waals surface area contributed by atoms with E-state index >= 15 is 0 Å². The van der Waals surface area contributed by atoms with Crippen LogP contribution in [-0.4, -0.2) is 71.2 Å². The third-order valence-electron chi connectivity index (χ3n) is 6.16. The number of alkyl halides is 3. The number of aliphatic imine (C=N–C) groups is 2. The van der Waals surface area contributed by atoms with E-state index in [-0.39, 0.29) is 0 Å². The third kappa shape index (κ3) is 5.01. The van der Waals surface area contributed by atoms with Gasteiger partial charge in [-0.2, -0.15) is 0 Å². The average Bonchev–Trinajstić information content (AvgIpc) is 3.38. The van der Waals surface area contributed by atoms with Crippen LogP contribution in [0.3, 0.4) is 0 Å². The van der Waals surface area contributed by atoms with Gasteiger partial charge in [0.2, 0.25) is 3.79 Å². The van der Waals surface area contributed by atoms with E-state index in [0.717, 1.165) is 38.2 Å². The highest BCUT2D eigenvalue weighted by molar-refractivity contribution is 6.76. The number of benzene rings is 1. The second-order valence-electron chi connectivity index (χ2n) is 8.13. The molecule has 4 rings (SSSR count). The Morgan fingerprint density at radius 1 is 1.03 bits per heavy atom. The summed E-state index contributed by atoms with van der Waals surface area (Å²) in [6.07, 6.45) is 6.02. The Kier molecular flexibility index (Phi) is 6.59. The molecule has 1 atom stereocenters. The van der Waals surface area contributed by atoms with Gasteiger partial charge in [-0.3, -0.25) is 0 Å². The van der Waals surface area contributed by atoms with E-state index in [9.17, 15) is 0 Å². The minimum absolute atomic E-state index is 0.465. The SMILES string of the molecule is CN1CCCC1CCN1CN=C(c2ccc(N3CCCC3)cc2)N=C1C(Cl)(Cl)Cl. The predicted molar refractivity (Wildman–Crippen MR) is 124 cm³/mol. The van der Waals surface area contributed by atoms with E-state index in [1.807, 2.05) is 4.90 Å². The maximum Gasteiger partial charge on any atom is 0.248 e. The number of amidine groups is 2. The Hall–Kier alpha value is -1.01. The van der Waals surface area contributed by atoms with E-state index in [4.69, 9.17) is 34.8 Å². The molecule has 0 radical (unpaired) electrons. The normalized spacial score (nSPS) is 23.5. The zero-order valence-electron chi connectivity index (χ0n) is 16.8. The molecule has 8 heteroatoms. The highest BCUT2D eigenvalue weighted by atomic mass is 35.6. The molecule has 0 bridgehead atoms. The van der Waals surface area contributed by atoms with Crippen LogP contribution in [0.25, 0.3) is 0 Å². The molecular formula is C21H28Cl3N5. The maximum atomic E-state index is 6.28. The summed E-state index contributed by atoms with van der Waals surface area (Å²) in [5.74, 6) is 1.10. The number of anilines is 1. The zero-order chi connectivity index (χ0) is 20.4. The Morgan fingerprint density at radius 2 is 1.76 bits per heavy atom. The van der Waals surface area contributed by atoms with Crippen molar-refractivity contribution in [3.05, 3.63) is 29.8 Å². The fourth-order valence-corrected chi connectivity index (χ4v) is 4.93. The molecule has 29 heavy (non-hydrogen) atoms. The summed E-state index contributed by atoms with van der Waals surface area (Å²) in [5.41, 5.74) is 2.20. The van der Waals surface area contributed by atoms with Gasteiger partial charge in [0, 0.05) is 36.9 Å². The fourth-order valence-electron chi connectivity index (χ4n) is 4.45. The van der Waals surface area contributed by atoms with E-state index in [2.05, 4.69) is 51.1 Å². The number of hydrogen-bond acceptors (Lipinski definition) is 5. The smallest absolute Gasteiger partial charge is 0.248 e. The van der Waals surface area contributed by atoms with Crippen LogP contribution < -0.4 is 4.90 Å². The van der Waals surface area contributed by atoms with E-state index in [1.165, 1.54) is 31.4 Å². The molecule has 1 aromatic rings. The van der Waals surface area contributed by atoms with E-state index in [0.29, 0.717) is 24.4 Å². The first-order valence-corrected chi connectivity index (χ1v) is 11.6. The Labute approximate surface area is 188 Å². The van der Waals surface area contributed by atoms with E-state index in [1.54, 1.807) is 0 Å². The molecule has 0 aliphatic carbocycles. The maximum absolute atomic E-state index is 6.28. The molecule has 1 aromatic carbocycles. The lowest BCUT2D eigenvalue weighted by Crippen LogP contribution is -2.44. The molecule has 3 aliphatic rings. The highest BCUT2D eigenvalue weighted by Gasteiger charge is 2.35. The van der Waals surface area contributed by atoms with Crippen molar-refractivity contribution in [1.29, 1.82) is 0 Å². The van der Waals surface area contributed by atoms with Crippen molar-refractivity contribution >= 4 is 52.2 Å². The van der Waals surface area contributed by atoms with Gasteiger partial charge in [0.1, 0.15) is 6.67 Å². The summed E-state index contributed by atoms with van der Waals surface area (Å²) in [6, 6.07) is 8.98. The lowest BCUT2D eigenvalue weighted by atomic mass is 10.1. The van der Waals surface area contributed by atoms with Crippen LogP contribution in [0.1, 0.15) is 37.7 Å². The topological polar surface area (TPSA) is 34.4 Å². The molecule has 0 N–H and O–H groups in total. The molecule has 0 aromatic heterocycles. The second kappa shape index (κ2) is 9.01. The largest absolute Gasteiger partial charge is 0.372 e. The lowest BCUT2D eigenvalue weighted by molar-refractivity contribution is 0.271. The third-order valence-corrected chi connectivity index (χ3v) is 6.66. The van der Waals surface area contributed by atoms with Gasteiger partial charge in [-0.05, 0) is 70.0 Å². The fraction of sp³-hybridized carbons (Fsp3) is 0.619. The van der Waals surface area contributed by atoms with Crippen molar-refractivity contribution in [2.45, 2.75) is 41.9 Å². The molecule has 3 heterocycles. The van der Waals surface area contributed by atoms with Crippen LogP contribution in [0.5, 0.6) is 0 Å². The van der Waals surface area contributed by atoms with Crippen molar-refractivity contribution in [2.24, 2.45) is 9.98 Å². The van der Waals surface area contributed by atoms with Crippen molar-refractivity contribution in [2.75, 3.05) is 44.8 Å². The Bertz CT molecular complexity index is 766. The van der Waals surface area contributed by atoms with Crippen molar-refractivity contribution in [3.63, 3.8) is 0 Å². The number of rotatable bonds is 5. The van der Waals surface area contributed by atoms with Gasteiger partial charge in [-0.1, -0.05) is 34.8 Å². The quantitative estimate of drug-likeness (QED) is 0.609. The van der Waals surface area contributed by atoms with Gasteiger partial charge in [0.05, 0.1) is 0 Å². The number of likely N-dealkylation sites (tertiary alicyclic amines) is 1. The molecule has 2 fully saturated rings. The van der Waals surface area contributed by atoms with Crippen LogP contribution in [0, 0.1) is 0 Å². The molecule has 1 unspecified atom stereocenters. The molecule has 5 nitrogen and oxygen atoms in total. The van der Waals surface area contributed by atoms with Crippen LogP contribution in [0.4, 0.5) is 5.69 Å². The van der Waals surface area contributed by atoms with Gasteiger partial charge < -0.3 is 14.7 Å². The minimum atomic E-state index is -1.57. The lowest BCUT2D eigenvalue weighted by Gasteiger charge is -2.32. The standard InChI is InChI=1S/C21H28Cl3N5/c1-27-11-4-5-17(27)10-14-29-15-25-19(26-20(29)21(22,23)24)16-6-8-18(9-7-16)28-12-2-3-13-28/h6-9,17H,2-5,10-15H2,1H3. The molecule has 2 saturated heterocycles. The predicted octanol–water partition coefficient (Wildman–Crippen LogP) is 4.56. The van der Waals surface area contributed by atoms with Gasteiger partial charge in [0.15, 0.2) is 11.7 Å². The monoisotopic (exact) mass is 455 g/mol. The number of nitrogens with zero attached hydrogens (tertiary/aromatic N) is 5. The van der Waals surface area contributed by atoms with Crippen LogP contribution in [0.2, 0.25) is 0 Å². The summed E-state index contributed by atoms with van der Waals surface area (Å²) < 4.78 is -1.57. The molecule has 0 spiro atoms. The van der Waals surface area contributed by atoms with Gasteiger partial charge >= 0.3 is 0 Å². The first-order valence-electron chi connectivity index (χ1n) is 10.4. The minimum Gasteiger partial charge on any atom is -0.372 e. The zero-order valence-corrected chi connectivity index (χ0v) is 19.1. The van der Waals surface area contributed by atoms with Crippen LogP contribution in [-0.2, 0) is 0 Å². The molecular weight excluding hydrogens is 429 g/mol. The first-order chi connectivity index (χ1) is 13.9. The first kappa shape index (κ1) is 21.2. The van der Waals surface area contributed by atoms with Gasteiger partial charge in [-0.15, -0.1) is 0 Å². The molecule has 0 amide bonds. The molecule has 3 aliphatic heterocycles. The Balaban J connectivity index is 1.47. The Morgan fingerprint density at radius 3 is 2.38 bits per heavy atom. The summed E-state index contributed by atoms with van der Waals surface area (Å²) in [4.78, 5) is 16.2. The summed E-state index contributed by atoms with van der Waals surface area (Å²) >= 11 is 18.8.